The number of rotatable bonds is 9. The molecule has 104 valence electrons. The third kappa shape index (κ3) is 2.86. The topological polar surface area (TPSA) is 58.4 Å². The van der Waals surface area contributed by atoms with E-state index in [9.17, 15) is 4.79 Å². The van der Waals surface area contributed by atoms with E-state index >= 15 is 0 Å². The van der Waals surface area contributed by atoms with Gasteiger partial charge in [0.2, 0.25) is 5.91 Å². The Balaban J connectivity index is 2.08. The first-order chi connectivity index (χ1) is 8.64. The molecular formula is C14H27N3O. The van der Waals surface area contributed by atoms with Crippen molar-refractivity contribution in [3.8, 4) is 0 Å². The van der Waals surface area contributed by atoms with Gasteiger partial charge in [0.1, 0.15) is 5.54 Å². The van der Waals surface area contributed by atoms with Crippen LogP contribution in [-0.2, 0) is 4.79 Å². The average Bonchev–Trinajstić information content (AvgIpc) is 3.18. The van der Waals surface area contributed by atoms with Crippen molar-refractivity contribution >= 4 is 5.91 Å². The van der Waals surface area contributed by atoms with Crippen LogP contribution in [0.2, 0.25) is 0 Å². The molecule has 1 unspecified atom stereocenters. The highest BCUT2D eigenvalue weighted by molar-refractivity contribution is 5.86. The van der Waals surface area contributed by atoms with Crippen molar-refractivity contribution < 1.29 is 4.79 Å². The average molecular weight is 253 g/mol. The van der Waals surface area contributed by atoms with Crippen LogP contribution in [0.3, 0.4) is 0 Å². The first-order valence-corrected chi connectivity index (χ1v) is 7.43. The molecule has 0 heterocycles. The van der Waals surface area contributed by atoms with Crippen LogP contribution in [0.25, 0.3) is 0 Å². The van der Waals surface area contributed by atoms with E-state index in [1.54, 1.807) is 0 Å². The number of likely N-dealkylation sites (N-methyl/N-ethyl adjacent to an activating group) is 1. The van der Waals surface area contributed by atoms with Gasteiger partial charge in [0.25, 0.3) is 0 Å². The third-order valence-electron chi connectivity index (χ3n) is 4.33. The molecule has 0 aliphatic heterocycles. The highest BCUT2D eigenvalue weighted by Crippen LogP contribution is 2.41. The fraction of sp³-hybridized carbons (Fsp3) is 0.929. The van der Waals surface area contributed by atoms with E-state index < -0.39 is 5.54 Å². The van der Waals surface area contributed by atoms with Crippen LogP contribution in [0.4, 0.5) is 0 Å². The summed E-state index contributed by atoms with van der Waals surface area (Å²) in [5, 5.41) is 3.48. The Bertz CT molecular complexity index is 299. The summed E-state index contributed by atoms with van der Waals surface area (Å²) in [6.45, 7) is 7.00. The largest absolute Gasteiger partial charge is 0.368 e. The zero-order valence-electron chi connectivity index (χ0n) is 11.7. The second-order valence-corrected chi connectivity index (χ2v) is 5.83. The maximum absolute atomic E-state index is 12.0. The van der Waals surface area contributed by atoms with Crippen LogP contribution in [0.1, 0.15) is 46.0 Å². The van der Waals surface area contributed by atoms with E-state index in [1.807, 2.05) is 0 Å². The van der Waals surface area contributed by atoms with Gasteiger partial charge in [0.15, 0.2) is 0 Å². The molecule has 2 fully saturated rings. The van der Waals surface area contributed by atoms with Gasteiger partial charge in [-0.3, -0.25) is 9.69 Å². The first kappa shape index (κ1) is 13.8. The molecule has 2 aliphatic carbocycles. The summed E-state index contributed by atoms with van der Waals surface area (Å²) in [6.07, 6.45) is 5.88. The quantitative estimate of drug-likeness (QED) is 0.647. The van der Waals surface area contributed by atoms with Gasteiger partial charge in [-0.1, -0.05) is 13.8 Å². The monoisotopic (exact) mass is 253 g/mol. The molecule has 4 nitrogen and oxygen atoms in total. The fourth-order valence-electron chi connectivity index (χ4n) is 2.88. The summed E-state index contributed by atoms with van der Waals surface area (Å²) in [5.41, 5.74) is 5.27. The Hall–Kier alpha value is -0.610. The molecule has 0 bridgehead atoms. The minimum Gasteiger partial charge on any atom is -0.368 e. The summed E-state index contributed by atoms with van der Waals surface area (Å²) >= 11 is 0. The van der Waals surface area contributed by atoms with Gasteiger partial charge < -0.3 is 11.1 Å². The van der Waals surface area contributed by atoms with Crippen LogP contribution in [0.5, 0.6) is 0 Å². The van der Waals surface area contributed by atoms with Crippen molar-refractivity contribution in [2.45, 2.75) is 57.5 Å². The molecule has 0 radical (unpaired) electrons. The lowest BCUT2D eigenvalue weighted by Crippen LogP contribution is -2.63. The SMILES string of the molecule is CCCNC(CN(CC)C1CC1)(C(N)=O)C1CC1. The molecule has 4 heteroatoms. The number of nitrogens with two attached hydrogens (primary N) is 1. The molecule has 1 atom stereocenters. The van der Waals surface area contributed by atoms with Crippen LogP contribution in [-0.4, -0.2) is 42.0 Å². The number of hydrogen-bond donors (Lipinski definition) is 2. The van der Waals surface area contributed by atoms with Gasteiger partial charge in [-0.2, -0.15) is 0 Å². The normalized spacial score (nSPS) is 23.1. The zero-order chi connectivity index (χ0) is 13.2. The summed E-state index contributed by atoms with van der Waals surface area (Å²) in [5.74, 6) is 0.298. The lowest BCUT2D eigenvalue weighted by Gasteiger charge is -2.37. The van der Waals surface area contributed by atoms with Crippen molar-refractivity contribution in [3.05, 3.63) is 0 Å². The van der Waals surface area contributed by atoms with E-state index in [0.29, 0.717) is 12.0 Å². The molecule has 0 aromatic carbocycles. The van der Waals surface area contributed by atoms with Crippen molar-refractivity contribution in [3.63, 3.8) is 0 Å². The van der Waals surface area contributed by atoms with E-state index in [0.717, 1.165) is 38.9 Å². The number of carbonyl (C=O) groups excluding carboxylic acids is 1. The smallest absolute Gasteiger partial charge is 0.239 e. The maximum atomic E-state index is 12.0. The summed E-state index contributed by atoms with van der Waals surface area (Å²) in [6, 6.07) is 0.691. The first-order valence-electron chi connectivity index (χ1n) is 7.43. The van der Waals surface area contributed by atoms with Crippen molar-refractivity contribution in [2.24, 2.45) is 11.7 Å². The maximum Gasteiger partial charge on any atom is 0.239 e. The third-order valence-corrected chi connectivity index (χ3v) is 4.33. The lowest BCUT2D eigenvalue weighted by atomic mass is 9.91. The number of primary amides is 1. The van der Waals surface area contributed by atoms with Crippen LogP contribution in [0.15, 0.2) is 0 Å². The van der Waals surface area contributed by atoms with Gasteiger partial charge in [-0.25, -0.2) is 0 Å². The molecule has 1 amide bonds. The van der Waals surface area contributed by atoms with E-state index in [2.05, 4.69) is 24.1 Å². The van der Waals surface area contributed by atoms with Gasteiger partial charge in [0.05, 0.1) is 0 Å². The second kappa shape index (κ2) is 5.57. The minimum absolute atomic E-state index is 0.155. The Kier molecular flexibility index (Phi) is 4.28. The fourth-order valence-corrected chi connectivity index (χ4v) is 2.88. The molecule has 0 aromatic rings. The Morgan fingerprint density at radius 1 is 1.33 bits per heavy atom. The van der Waals surface area contributed by atoms with Gasteiger partial charge in [0, 0.05) is 12.6 Å². The van der Waals surface area contributed by atoms with Gasteiger partial charge in [-0.05, 0) is 51.1 Å². The van der Waals surface area contributed by atoms with Gasteiger partial charge in [-0.15, -0.1) is 0 Å². The highest BCUT2D eigenvalue weighted by Gasteiger charge is 2.51. The molecule has 18 heavy (non-hydrogen) atoms. The predicted molar refractivity (Wildman–Crippen MR) is 73.2 cm³/mol. The van der Waals surface area contributed by atoms with Crippen LogP contribution in [0, 0.1) is 5.92 Å². The van der Waals surface area contributed by atoms with E-state index in [4.69, 9.17) is 5.73 Å². The zero-order valence-corrected chi connectivity index (χ0v) is 11.7. The van der Waals surface area contributed by atoms with Crippen molar-refractivity contribution in [2.75, 3.05) is 19.6 Å². The number of nitrogens with zero attached hydrogens (tertiary/aromatic N) is 1. The molecule has 2 aliphatic rings. The highest BCUT2D eigenvalue weighted by atomic mass is 16.1. The van der Waals surface area contributed by atoms with E-state index in [1.165, 1.54) is 12.8 Å². The molecular weight excluding hydrogens is 226 g/mol. The second-order valence-electron chi connectivity index (χ2n) is 5.83. The van der Waals surface area contributed by atoms with Crippen molar-refractivity contribution in [1.82, 2.24) is 10.2 Å². The Labute approximate surface area is 110 Å². The summed E-state index contributed by atoms with van der Waals surface area (Å²) in [4.78, 5) is 14.5. The summed E-state index contributed by atoms with van der Waals surface area (Å²) in [7, 11) is 0. The molecule has 0 spiro atoms. The molecule has 2 saturated carbocycles. The van der Waals surface area contributed by atoms with Crippen LogP contribution >= 0.6 is 0 Å². The molecule has 2 rings (SSSR count). The standard InChI is InChI=1S/C14H27N3O/c1-3-9-16-14(13(15)18,11-5-6-11)10-17(4-2)12-7-8-12/h11-12,16H,3-10H2,1-2H3,(H2,15,18). The molecule has 0 aromatic heterocycles. The minimum atomic E-state index is -0.478. The molecule has 0 saturated heterocycles. The van der Waals surface area contributed by atoms with E-state index in [-0.39, 0.29) is 5.91 Å². The van der Waals surface area contributed by atoms with Crippen molar-refractivity contribution in [1.29, 1.82) is 0 Å². The predicted octanol–water partition coefficient (Wildman–Crippen LogP) is 1.10. The van der Waals surface area contributed by atoms with Gasteiger partial charge >= 0.3 is 0 Å². The summed E-state index contributed by atoms with van der Waals surface area (Å²) < 4.78 is 0. The molecule has 3 N–H and O–H groups in total. The van der Waals surface area contributed by atoms with Crippen LogP contribution < -0.4 is 11.1 Å². The Morgan fingerprint density at radius 3 is 2.39 bits per heavy atom. The number of amides is 1. The Morgan fingerprint density at radius 2 is 2.00 bits per heavy atom. The number of carbonyl (C=O) groups is 1. The number of nitrogens with one attached hydrogen (secondary N) is 1. The number of hydrogen-bond acceptors (Lipinski definition) is 3. The lowest BCUT2D eigenvalue weighted by molar-refractivity contribution is -0.126.